The van der Waals surface area contributed by atoms with E-state index in [4.69, 9.17) is 4.74 Å². The van der Waals surface area contributed by atoms with E-state index in [-0.39, 0.29) is 5.54 Å². The first-order chi connectivity index (χ1) is 13.0. The molecule has 0 saturated heterocycles. The highest BCUT2D eigenvalue weighted by atomic mass is 79.9. The molecule has 0 aromatic heterocycles. The molecule has 0 radical (unpaired) electrons. The van der Waals surface area contributed by atoms with Crippen LogP contribution < -0.4 is 14.4 Å². The number of halogens is 1. The number of ether oxygens (including phenoxy) is 1. The van der Waals surface area contributed by atoms with Crippen molar-refractivity contribution in [1.82, 2.24) is 4.72 Å². The SMILES string of the molecule is CCCCC1(CC)CN(c2ccccc2)c2cc(Br)c(OC)cc2S(=O)N1. The predicted octanol–water partition coefficient (Wildman–Crippen LogP) is 5.56. The van der Waals surface area contributed by atoms with Crippen molar-refractivity contribution in [2.75, 3.05) is 18.6 Å². The number of hydrogen-bond donors (Lipinski definition) is 1. The lowest BCUT2D eigenvalue weighted by atomic mass is 9.90. The van der Waals surface area contributed by atoms with E-state index in [1.54, 1.807) is 7.11 Å². The van der Waals surface area contributed by atoms with E-state index in [1.807, 2.05) is 30.3 Å². The van der Waals surface area contributed by atoms with Gasteiger partial charge in [0.25, 0.3) is 0 Å². The maximum absolute atomic E-state index is 13.3. The molecule has 0 saturated carbocycles. The van der Waals surface area contributed by atoms with Crippen LogP contribution in [0, 0.1) is 0 Å². The number of nitrogens with one attached hydrogen (secondary N) is 1. The zero-order chi connectivity index (χ0) is 19.4. The first kappa shape index (κ1) is 20.4. The molecule has 3 rings (SSSR count). The van der Waals surface area contributed by atoms with Crippen LogP contribution in [-0.4, -0.2) is 23.4 Å². The highest BCUT2D eigenvalue weighted by Crippen LogP contribution is 2.41. The van der Waals surface area contributed by atoms with Crippen molar-refractivity contribution >= 4 is 38.3 Å². The van der Waals surface area contributed by atoms with Gasteiger partial charge in [0.05, 0.1) is 22.2 Å². The standard InChI is InChI=1S/C21H27BrN2O2S/c1-4-6-12-21(5-2)15-24(16-10-8-7-9-11-16)18-13-17(22)19(26-3)14-20(18)27(25)23-21/h7-11,13-14,23H,4-6,12,15H2,1-3H3. The van der Waals surface area contributed by atoms with Gasteiger partial charge in [-0.3, -0.25) is 0 Å². The van der Waals surface area contributed by atoms with E-state index in [9.17, 15) is 4.21 Å². The van der Waals surface area contributed by atoms with Crippen molar-refractivity contribution in [3.8, 4) is 5.75 Å². The summed E-state index contributed by atoms with van der Waals surface area (Å²) in [6.45, 7) is 5.14. The Morgan fingerprint density at radius 2 is 2.00 bits per heavy atom. The van der Waals surface area contributed by atoms with Gasteiger partial charge in [-0.05, 0) is 47.0 Å². The van der Waals surface area contributed by atoms with Crippen LogP contribution in [0.15, 0.2) is 51.8 Å². The van der Waals surface area contributed by atoms with Gasteiger partial charge in [0.1, 0.15) is 16.7 Å². The Morgan fingerprint density at radius 3 is 2.63 bits per heavy atom. The van der Waals surface area contributed by atoms with E-state index in [2.05, 4.69) is 51.5 Å². The van der Waals surface area contributed by atoms with Gasteiger partial charge in [0.15, 0.2) is 0 Å². The summed E-state index contributed by atoms with van der Waals surface area (Å²) in [7, 11) is 0.319. The number of hydrogen-bond acceptors (Lipinski definition) is 3. The summed E-state index contributed by atoms with van der Waals surface area (Å²) in [6.07, 6.45) is 4.12. The molecule has 2 aromatic carbocycles. The van der Waals surface area contributed by atoms with Crippen LogP contribution in [0.4, 0.5) is 11.4 Å². The molecule has 0 aliphatic carbocycles. The van der Waals surface area contributed by atoms with E-state index in [0.29, 0.717) is 5.75 Å². The molecule has 2 atom stereocenters. The molecule has 4 nitrogen and oxygen atoms in total. The molecule has 1 heterocycles. The molecule has 1 N–H and O–H groups in total. The Kier molecular flexibility index (Phi) is 6.61. The molecule has 27 heavy (non-hydrogen) atoms. The number of methoxy groups -OCH3 is 1. The first-order valence-electron chi connectivity index (χ1n) is 9.43. The predicted molar refractivity (Wildman–Crippen MR) is 116 cm³/mol. The summed E-state index contributed by atoms with van der Waals surface area (Å²) in [5, 5.41) is 0. The summed E-state index contributed by atoms with van der Waals surface area (Å²) in [4.78, 5) is 3.04. The summed E-state index contributed by atoms with van der Waals surface area (Å²) >= 11 is 3.60. The molecule has 0 amide bonds. The van der Waals surface area contributed by atoms with Crippen LogP contribution in [0.25, 0.3) is 0 Å². The zero-order valence-corrected chi connectivity index (χ0v) is 18.5. The number of unbranched alkanes of at least 4 members (excludes halogenated alkanes) is 1. The van der Waals surface area contributed by atoms with Gasteiger partial charge in [-0.2, -0.15) is 0 Å². The number of fused-ring (bicyclic) bond motifs is 1. The highest BCUT2D eigenvalue weighted by Gasteiger charge is 2.37. The molecule has 0 bridgehead atoms. The van der Waals surface area contributed by atoms with Gasteiger partial charge in [-0.15, -0.1) is 0 Å². The molecule has 6 heteroatoms. The summed E-state index contributed by atoms with van der Waals surface area (Å²) in [5.41, 5.74) is 1.84. The van der Waals surface area contributed by atoms with Crippen LogP contribution in [-0.2, 0) is 11.0 Å². The van der Waals surface area contributed by atoms with Crippen LogP contribution in [0.2, 0.25) is 0 Å². The molecule has 1 aliphatic rings. The highest BCUT2D eigenvalue weighted by molar-refractivity contribution is 9.10. The second-order valence-corrected chi connectivity index (χ2v) is 9.02. The van der Waals surface area contributed by atoms with E-state index in [1.165, 1.54) is 0 Å². The van der Waals surface area contributed by atoms with Crippen molar-refractivity contribution in [3.05, 3.63) is 46.9 Å². The molecular formula is C21H27BrN2O2S. The van der Waals surface area contributed by atoms with E-state index >= 15 is 0 Å². The molecule has 0 spiro atoms. The van der Waals surface area contributed by atoms with Crippen LogP contribution in [0.3, 0.4) is 0 Å². The summed E-state index contributed by atoms with van der Waals surface area (Å²) < 4.78 is 23.1. The average molecular weight is 451 g/mol. The minimum atomic E-state index is -1.31. The van der Waals surface area contributed by atoms with Gasteiger partial charge in [0.2, 0.25) is 0 Å². The Bertz CT molecular complexity index is 815. The number of para-hydroxylation sites is 1. The number of anilines is 2. The van der Waals surface area contributed by atoms with Crippen molar-refractivity contribution in [3.63, 3.8) is 0 Å². The Morgan fingerprint density at radius 1 is 1.26 bits per heavy atom. The van der Waals surface area contributed by atoms with Crippen molar-refractivity contribution < 1.29 is 8.95 Å². The second kappa shape index (κ2) is 8.76. The normalized spacial score (nSPS) is 22.2. The van der Waals surface area contributed by atoms with Crippen molar-refractivity contribution in [2.24, 2.45) is 0 Å². The summed E-state index contributed by atoms with van der Waals surface area (Å²) in [6, 6.07) is 14.2. The van der Waals surface area contributed by atoms with Gasteiger partial charge in [0, 0.05) is 23.8 Å². The number of nitrogens with zero attached hydrogens (tertiary/aromatic N) is 1. The van der Waals surface area contributed by atoms with Crippen molar-refractivity contribution in [2.45, 2.75) is 50.0 Å². The van der Waals surface area contributed by atoms with Gasteiger partial charge in [-0.1, -0.05) is 44.9 Å². The molecular weight excluding hydrogens is 424 g/mol. The monoisotopic (exact) mass is 450 g/mol. The van der Waals surface area contributed by atoms with Crippen molar-refractivity contribution in [1.29, 1.82) is 0 Å². The Hall–Kier alpha value is -1.37. The molecule has 2 unspecified atom stereocenters. The third kappa shape index (κ3) is 4.23. The lowest BCUT2D eigenvalue weighted by Crippen LogP contribution is -2.51. The smallest absolute Gasteiger partial charge is 0.134 e. The summed E-state index contributed by atoms with van der Waals surface area (Å²) in [5.74, 6) is 0.689. The van der Waals surface area contributed by atoms with Crippen LogP contribution >= 0.6 is 15.9 Å². The zero-order valence-electron chi connectivity index (χ0n) is 16.1. The largest absolute Gasteiger partial charge is 0.496 e. The van der Waals surface area contributed by atoms with Gasteiger partial charge in [-0.25, -0.2) is 8.93 Å². The van der Waals surface area contributed by atoms with E-state index in [0.717, 1.165) is 53.0 Å². The molecule has 0 fully saturated rings. The Balaban J connectivity index is 2.17. The fourth-order valence-electron chi connectivity index (χ4n) is 3.56. The lowest BCUT2D eigenvalue weighted by Gasteiger charge is -2.36. The third-order valence-corrected chi connectivity index (χ3v) is 7.21. The van der Waals surface area contributed by atoms with Gasteiger partial charge >= 0.3 is 0 Å². The maximum atomic E-state index is 13.3. The third-order valence-electron chi connectivity index (χ3n) is 5.25. The molecule has 2 aromatic rings. The second-order valence-electron chi connectivity index (χ2n) is 6.98. The van der Waals surface area contributed by atoms with Gasteiger partial charge < -0.3 is 9.64 Å². The fourth-order valence-corrected chi connectivity index (χ4v) is 5.44. The Labute approximate surface area is 173 Å². The lowest BCUT2D eigenvalue weighted by molar-refractivity contribution is 0.347. The minimum absolute atomic E-state index is 0.213. The topological polar surface area (TPSA) is 41.6 Å². The van der Waals surface area contributed by atoms with E-state index < -0.39 is 11.0 Å². The quantitative estimate of drug-likeness (QED) is 0.625. The minimum Gasteiger partial charge on any atom is -0.496 e. The van der Waals surface area contributed by atoms with Crippen LogP contribution in [0.1, 0.15) is 39.5 Å². The first-order valence-corrected chi connectivity index (χ1v) is 11.4. The maximum Gasteiger partial charge on any atom is 0.134 e. The van der Waals surface area contributed by atoms with Crippen LogP contribution in [0.5, 0.6) is 5.75 Å². The number of rotatable bonds is 6. The molecule has 1 aliphatic heterocycles. The fraction of sp³-hybridized carbons (Fsp3) is 0.429. The average Bonchev–Trinajstić information content (AvgIpc) is 2.81. The number of benzene rings is 2. The molecule has 146 valence electrons.